The Kier molecular flexibility index (Phi) is 5.92. The number of hydrogen-bond donors (Lipinski definition) is 0. The van der Waals surface area contributed by atoms with E-state index in [4.69, 9.17) is 16.3 Å². The fraction of sp³-hybridized carbons (Fsp3) is 0.682. The number of carbonyl (C=O) groups is 1. The molecule has 0 aliphatic carbocycles. The molecule has 9 heteroatoms. The standard InChI is InChI=1S/C22H30ClN3O4S/c23-16-7-8-21-19(13-16)20-6-4-5-18(26(20)31(21,28)29)15-30-22(27)25-12-9-17(14-25)24-10-2-1-3-11-24/h7-8,13,17-18,20H,1-6,9-12,14-15H2/t17?,18-,20+/m1/s1. The molecule has 0 radical (unpaired) electrons. The molecule has 3 saturated heterocycles. The summed E-state index contributed by atoms with van der Waals surface area (Å²) < 4.78 is 33.6. The van der Waals surface area contributed by atoms with Crippen LogP contribution in [0.3, 0.4) is 0 Å². The predicted octanol–water partition coefficient (Wildman–Crippen LogP) is 3.63. The van der Waals surface area contributed by atoms with Gasteiger partial charge < -0.3 is 9.64 Å². The summed E-state index contributed by atoms with van der Waals surface area (Å²) in [6.45, 7) is 3.75. The Morgan fingerprint density at radius 1 is 1.06 bits per heavy atom. The van der Waals surface area contributed by atoms with E-state index in [2.05, 4.69) is 4.90 Å². The highest BCUT2D eigenvalue weighted by atomic mass is 35.5. The predicted molar refractivity (Wildman–Crippen MR) is 118 cm³/mol. The average Bonchev–Trinajstić information content (AvgIpc) is 3.35. The zero-order valence-corrected chi connectivity index (χ0v) is 19.3. The van der Waals surface area contributed by atoms with Gasteiger partial charge >= 0.3 is 6.09 Å². The van der Waals surface area contributed by atoms with E-state index in [1.807, 2.05) is 0 Å². The molecule has 31 heavy (non-hydrogen) atoms. The van der Waals surface area contributed by atoms with Gasteiger partial charge in [0, 0.05) is 24.2 Å². The summed E-state index contributed by atoms with van der Waals surface area (Å²) in [5, 5.41) is 0.543. The van der Waals surface area contributed by atoms with Crippen molar-refractivity contribution in [3.8, 4) is 0 Å². The minimum Gasteiger partial charge on any atom is -0.448 e. The summed E-state index contributed by atoms with van der Waals surface area (Å²) in [7, 11) is -3.60. The highest BCUT2D eigenvalue weighted by Gasteiger charge is 2.48. The van der Waals surface area contributed by atoms with E-state index in [0.29, 0.717) is 35.5 Å². The summed E-state index contributed by atoms with van der Waals surface area (Å²) in [5.41, 5.74) is 0.771. The van der Waals surface area contributed by atoms with E-state index in [1.54, 1.807) is 27.4 Å². The quantitative estimate of drug-likeness (QED) is 0.678. The van der Waals surface area contributed by atoms with Crippen LogP contribution in [0.25, 0.3) is 0 Å². The monoisotopic (exact) mass is 467 g/mol. The third kappa shape index (κ3) is 3.96. The lowest BCUT2D eigenvalue weighted by Crippen LogP contribution is -2.45. The summed E-state index contributed by atoms with van der Waals surface area (Å²) >= 11 is 6.14. The van der Waals surface area contributed by atoms with Crippen molar-refractivity contribution in [3.05, 3.63) is 28.8 Å². The number of fused-ring (bicyclic) bond motifs is 3. The second-order valence-electron chi connectivity index (χ2n) is 9.18. The van der Waals surface area contributed by atoms with Crippen LogP contribution in [0, 0.1) is 0 Å². The summed E-state index contributed by atoms with van der Waals surface area (Å²) in [6, 6.07) is 4.85. The fourth-order valence-corrected chi connectivity index (χ4v) is 8.00. The van der Waals surface area contributed by atoms with Crippen molar-refractivity contribution in [3.63, 3.8) is 0 Å². The van der Waals surface area contributed by atoms with Crippen LogP contribution in [0.5, 0.6) is 0 Å². The SMILES string of the molecule is O=C(OC[C@H]1CCC[C@H]2c3cc(Cl)ccc3S(=O)(=O)N12)N1CCC(N2CCCCC2)C1. The van der Waals surface area contributed by atoms with Crippen LogP contribution in [-0.2, 0) is 14.8 Å². The highest BCUT2D eigenvalue weighted by Crippen LogP contribution is 2.47. The summed E-state index contributed by atoms with van der Waals surface area (Å²) in [6.07, 6.45) is 6.79. The van der Waals surface area contributed by atoms with Gasteiger partial charge in [0.05, 0.1) is 17.0 Å². The zero-order valence-electron chi connectivity index (χ0n) is 17.7. The van der Waals surface area contributed by atoms with Gasteiger partial charge in [-0.2, -0.15) is 4.31 Å². The molecule has 4 heterocycles. The van der Waals surface area contributed by atoms with E-state index < -0.39 is 10.0 Å². The second kappa shape index (κ2) is 8.54. The lowest BCUT2D eigenvalue weighted by molar-refractivity contribution is 0.0663. The van der Waals surface area contributed by atoms with Gasteiger partial charge in [0.25, 0.3) is 0 Å². The van der Waals surface area contributed by atoms with Crippen molar-refractivity contribution in [2.75, 3.05) is 32.8 Å². The molecule has 1 aromatic carbocycles. The Bertz CT molecular complexity index is 950. The maximum absolute atomic E-state index is 13.2. The number of nitrogens with zero attached hydrogens (tertiary/aromatic N) is 3. The number of amides is 1. The Morgan fingerprint density at radius 2 is 1.87 bits per heavy atom. The van der Waals surface area contributed by atoms with Crippen LogP contribution in [-0.4, -0.2) is 73.5 Å². The van der Waals surface area contributed by atoms with E-state index in [0.717, 1.165) is 37.9 Å². The largest absolute Gasteiger partial charge is 0.448 e. The molecule has 170 valence electrons. The maximum atomic E-state index is 13.2. The number of hydrogen-bond acceptors (Lipinski definition) is 5. The van der Waals surface area contributed by atoms with E-state index >= 15 is 0 Å². The molecule has 1 aromatic rings. The Morgan fingerprint density at radius 3 is 2.68 bits per heavy atom. The molecule has 4 aliphatic heterocycles. The average molecular weight is 468 g/mol. The molecule has 5 rings (SSSR count). The molecule has 3 atom stereocenters. The molecule has 0 aromatic heterocycles. The van der Waals surface area contributed by atoms with Crippen molar-refractivity contribution >= 4 is 27.7 Å². The van der Waals surface area contributed by atoms with Gasteiger partial charge in [-0.05, 0) is 75.4 Å². The van der Waals surface area contributed by atoms with Crippen molar-refractivity contribution < 1.29 is 17.9 Å². The van der Waals surface area contributed by atoms with Gasteiger partial charge in [0.2, 0.25) is 10.0 Å². The fourth-order valence-electron chi connectivity index (χ4n) is 5.75. The Labute approximate surface area is 189 Å². The van der Waals surface area contributed by atoms with Crippen LogP contribution in [0.4, 0.5) is 4.79 Å². The molecule has 0 spiro atoms. The minimum absolute atomic E-state index is 0.0984. The molecule has 1 unspecified atom stereocenters. The molecular weight excluding hydrogens is 438 g/mol. The van der Waals surface area contributed by atoms with E-state index in [1.165, 1.54) is 19.3 Å². The molecule has 0 saturated carbocycles. The van der Waals surface area contributed by atoms with Crippen molar-refractivity contribution in [1.82, 2.24) is 14.1 Å². The first kappa shape index (κ1) is 21.5. The van der Waals surface area contributed by atoms with Gasteiger partial charge in [-0.1, -0.05) is 18.0 Å². The van der Waals surface area contributed by atoms with Gasteiger partial charge in [-0.15, -0.1) is 0 Å². The molecule has 3 fully saturated rings. The first-order valence-electron chi connectivity index (χ1n) is 11.4. The van der Waals surface area contributed by atoms with Gasteiger partial charge in [0.1, 0.15) is 6.61 Å². The van der Waals surface area contributed by atoms with Crippen molar-refractivity contribution in [1.29, 1.82) is 0 Å². The number of likely N-dealkylation sites (tertiary alicyclic amines) is 2. The maximum Gasteiger partial charge on any atom is 0.409 e. The molecule has 0 bridgehead atoms. The van der Waals surface area contributed by atoms with Crippen molar-refractivity contribution in [2.24, 2.45) is 0 Å². The molecule has 7 nitrogen and oxygen atoms in total. The van der Waals surface area contributed by atoms with Crippen LogP contribution in [0.15, 0.2) is 23.1 Å². The first-order chi connectivity index (χ1) is 14.9. The topological polar surface area (TPSA) is 70.2 Å². The van der Waals surface area contributed by atoms with Crippen molar-refractivity contribution in [2.45, 2.75) is 68.0 Å². The smallest absolute Gasteiger partial charge is 0.409 e. The number of ether oxygens (including phenoxy) is 1. The van der Waals surface area contributed by atoms with Crippen LogP contribution in [0.1, 0.15) is 56.6 Å². The third-order valence-electron chi connectivity index (χ3n) is 7.30. The van der Waals surface area contributed by atoms with Crippen LogP contribution >= 0.6 is 11.6 Å². The summed E-state index contributed by atoms with van der Waals surface area (Å²) in [4.78, 5) is 17.4. The third-order valence-corrected chi connectivity index (χ3v) is 9.57. The normalized spacial score (nSPS) is 30.7. The Hall–Kier alpha value is -1.35. The molecule has 0 N–H and O–H groups in total. The van der Waals surface area contributed by atoms with Gasteiger partial charge in [0.15, 0.2) is 0 Å². The Balaban J connectivity index is 1.22. The number of rotatable bonds is 3. The molecule has 4 aliphatic rings. The molecule has 1 amide bonds. The second-order valence-corrected chi connectivity index (χ2v) is 11.4. The first-order valence-corrected chi connectivity index (χ1v) is 13.3. The number of piperidine rings is 2. The van der Waals surface area contributed by atoms with Crippen LogP contribution in [0.2, 0.25) is 5.02 Å². The van der Waals surface area contributed by atoms with E-state index in [9.17, 15) is 13.2 Å². The number of halogens is 1. The van der Waals surface area contributed by atoms with Gasteiger partial charge in [-0.25, -0.2) is 13.2 Å². The van der Waals surface area contributed by atoms with Gasteiger partial charge in [-0.3, -0.25) is 4.90 Å². The minimum atomic E-state index is -3.60. The lowest BCUT2D eigenvalue weighted by Gasteiger charge is -2.36. The van der Waals surface area contributed by atoms with E-state index in [-0.39, 0.29) is 24.8 Å². The van der Waals surface area contributed by atoms with Crippen LogP contribution < -0.4 is 0 Å². The highest BCUT2D eigenvalue weighted by molar-refractivity contribution is 7.89. The number of benzene rings is 1. The molecular formula is C22H30ClN3O4S. The number of carbonyl (C=O) groups excluding carboxylic acids is 1. The summed E-state index contributed by atoms with van der Waals surface area (Å²) in [5.74, 6) is 0. The zero-order chi connectivity index (χ0) is 21.6. The number of sulfonamides is 1. The lowest BCUT2D eigenvalue weighted by atomic mass is 9.94.